The van der Waals surface area contributed by atoms with Gasteiger partial charge in [-0.05, 0) is 39.2 Å². The lowest BCUT2D eigenvalue weighted by atomic mass is 10.2. The summed E-state index contributed by atoms with van der Waals surface area (Å²) in [6.07, 6.45) is -0.571. The molecule has 0 aromatic heterocycles. The van der Waals surface area contributed by atoms with E-state index in [2.05, 4.69) is 4.72 Å². The molecule has 1 aromatic carbocycles. The summed E-state index contributed by atoms with van der Waals surface area (Å²) in [5, 5.41) is 0. The van der Waals surface area contributed by atoms with Crippen molar-refractivity contribution in [3.05, 3.63) is 18.2 Å². The molecule has 1 aromatic rings. The van der Waals surface area contributed by atoms with Crippen molar-refractivity contribution in [2.75, 3.05) is 39.1 Å². The molecule has 1 heterocycles. The van der Waals surface area contributed by atoms with Gasteiger partial charge in [0, 0.05) is 20.1 Å². The topological polar surface area (TPSA) is 79.0 Å². The highest BCUT2D eigenvalue weighted by Crippen LogP contribution is 2.34. The van der Waals surface area contributed by atoms with Crippen LogP contribution in [-0.2, 0) is 14.8 Å². The molecule has 1 atom stereocenters. The molecular weight excluding hydrogens is 306 g/mol. The van der Waals surface area contributed by atoms with E-state index in [1.165, 1.54) is 17.0 Å². The van der Waals surface area contributed by atoms with Crippen LogP contribution < -0.4 is 14.4 Å². The van der Waals surface area contributed by atoms with Gasteiger partial charge in [-0.25, -0.2) is 13.1 Å². The molecule has 1 aliphatic rings. The minimum atomic E-state index is -3.61. The molecule has 0 bridgehead atoms. The number of rotatable bonds is 5. The number of sulfonamides is 1. The molecule has 122 valence electrons. The first-order chi connectivity index (χ1) is 10.2. The van der Waals surface area contributed by atoms with Crippen molar-refractivity contribution in [3.8, 4) is 5.75 Å². The average Bonchev–Trinajstić information content (AvgIpc) is 2.44. The standard InChI is InChI=1S/C14H21N3O4S/c1-10-14(18)17(4)12-9-11(5-6-13(12)21-10)22(19,20)15-7-8-16(2)3/h5-6,9-10,15H,7-8H2,1-4H3. The smallest absolute Gasteiger partial charge is 0.267 e. The van der Waals surface area contributed by atoms with E-state index in [4.69, 9.17) is 4.74 Å². The SMILES string of the molecule is CC1Oc2ccc(S(=O)(=O)NCCN(C)C)cc2N(C)C1=O. The van der Waals surface area contributed by atoms with Gasteiger partial charge in [-0.2, -0.15) is 0 Å². The van der Waals surface area contributed by atoms with Crippen molar-refractivity contribution in [2.24, 2.45) is 0 Å². The number of amides is 1. The summed E-state index contributed by atoms with van der Waals surface area (Å²) in [6.45, 7) is 2.58. The lowest BCUT2D eigenvalue weighted by Crippen LogP contribution is -2.42. The van der Waals surface area contributed by atoms with E-state index in [-0.39, 0.29) is 10.8 Å². The molecule has 22 heavy (non-hydrogen) atoms. The Morgan fingerprint density at radius 1 is 1.36 bits per heavy atom. The molecule has 7 nitrogen and oxygen atoms in total. The van der Waals surface area contributed by atoms with E-state index in [0.29, 0.717) is 24.5 Å². The monoisotopic (exact) mass is 327 g/mol. The number of carbonyl (C=O) groups is 1. The summed E-state index contributed by atoms with van der Waals surface area (Å²) in [5.74, 6) is 0.296. The van der Waals surface area contributed by atoms with Crippen LogP contribution in [0.25, 0.3) is 0 Å². The molecule has 0 radical (unpaired) electrons. The second-order valence-electron chi connectivity index (χ2n) is 5.49. The molecule has 8 heteroatoms. The Balaban J connectivity index is 2.26. The van der Waals surface area contributed by atoms with Gasteiger partial charge in [0.25, 0.3) is 5.91 Å². The number of likely N-dealkylation sites (N-methyl/N-ethyl adjacent to an activating group) is 2. The number of hydrogen-bond acceptors (Lipinski definition) is 5. The number of carbonyl (C=O) groups excluding carboxylic acids is 1. The Morgan fingerprint density at radius 3 is 2.68 bits per heavy atom. The van der Waals surface area contributed by atoms with Crippen molar-refractivity contribution in [1.29, 1.82) is 0 Å². The number of ether oxygens (including phenoxy) is 1. The molecule has 0 saturated carbocycles. The van der Waals surface area contributed by atoms with Gasteiger partial charge in [0.1, 0.15) is 5.75 Å². The first-order valence-electron chi connectivity index (χ1n) is 6.95. The largest absolute Gasteiger partial charge is 0.479 e. The van der Waals surface area contributed by atoms with Crippen LogP contribution in [0.2, 0.25) is 0 Å². The predicted octanol–water partition coefficient (Wildman–Crippen LogP) is 0.270. The fraction of sp³-hybridized carbons (Fsp3) is 0.500. The highest BCUT2D eigenvalue weighted by molar-refractivity contribution is 7.89. The highest BCUT2D eigenvalue weighted by atomic mass is 32.2. The van der Waals surface area contributed by atoms with E-state index in [1.54, 1.807) is 20.0 Å². The second-order valence-corrected chi connectivity index (χ2v) is 7.25. The molecule has 0 saturated heterocycles. The van der Waals surface area contributed by atoms with Crippen molar-refractivity contribution in [1.82, 2.24) is 9.62 Å². The van der Waals surface area contributed by atoms with Gasteiger partial charge in [-0.15, -0.1) is 0 Å². The molecule has 0 aliphatic carbocycles. The van der Waals surface area contributed by atoms with Crippen LogP contribution in [0, 0.1) is 0 Å². The molecule has 1 unspecified atom stereocenters. The molecule has 0 spiro atoms. The normalized spacial score (nSPS) is 18.3. The fourth-order valence-corrected chi connectivity index (χ4v) is 3.19. The Labute approximate surface area is 130 Å². The van der Waals surface area contributed by atoms with Gasteiger partial charge in [0.2, 0.25) is 10.0 Å². The Hall–Kier alpha value is -1.64. The minimum Gasteiger partial charge on any atom is -0.479 e. The van der Waals surface area contributed by atoms with Crippen LogP contribution in [0.15, 0.2) is 23.1 Å². The van der Waals surface area contributed by atoms with Gasteiger partial charge >= 0.3 is 0 Å². The van der Waals surface area contributed by atoms with Gasteiger partial charge < -0.3 is 14.5 Å². The highest BCUT2D eigenvalue weighted by Gasteiger charge is 2.30. The maximum absolute atomic E-state index is 12.3. The van der Waals surface area contributed by atoms with Crippen LogP contribution in [0.5, 0.6) is 5.75 Å². The van der Waals surface area contributed by atoms with Crippen molar-refractivity contribution < 1.29 is 17.9 Å². The number of nitrogens with zero attached hydrogens (tertiary/aromatic N) is 2. The van der Waals surface area contributed by atoms with Crippen molar-refractivity contribution >= 4 is 21.6 Å². The van der Waals surface area contributed by atoms with E-state index in [1.807, 2.05) is 19.0 Å². The zero-order valence-corrected chi connectivity index (χ0v) is 14.0. The number of anilines is 1. The Bertz CT molecular complexity index is 673. The summed E-state index contributed by atoms with van der Waals surface area (Å²) in [5.41, 5.74) is 0.457. The fourth-order valence-electron chi connectivity index (χ4n) is 2.15. The third-order valence-corrected chi connectivity index (χ3v) is 4.89. The molecule has 1 aliphatic heterocycles. The quantitative estimate of drug-likeness (QED) is 0.840. The third kappa shape index (κ3) is 3.40. The van der Waals surface area contributed by atoms with Gasteiger partial charge in [0.05, 0.1) is 10.6 Å². The molecule has 1 amide bonds. The van der Waals surface area contributed by atoms with E-state index < -0.39 is 16.1 Å². The van der Waals surface area contributed by atoms with Crippen LogP contribution in [0.3, 0.4) is 0 Å². The molecule has 0 fully saturated rings. The van der Waals surface area contributed by atoms with E-state index >= 15 is 0 Å². The summed E-state index contributed by atoms with van der Waals surface area (Å²) >= 11 is 0. The van der Waals surface area contributed by atoms with Gasteiger partial charge in [-0.3, -0.25) is 4.79 Å². The second kappa shape index (κ2) is 6.23. The molecular formula is C14H21N3O4S. The lowest BCUT2D eigenvalue weighted by molar-refractivity contribution is -0.125. The summed E-state index contributed by atoms with van der Waals surface area (Å²) in [7, 11) is 1.73. The number of nitrogens with one attached hydrogen (secondary N) is 1. The van der Waals surface area contributed by atoms with E-state index in [9.17, 15) is 13.2 Å². The third-order valence-electron chi connectivity index (χ3n) is 3.44. The maximum Gasteiger partial charge on any atom is 0.267 e. The van der Waals surface area contributed by atoms with Gasteiger partial charge in [0.15, 0.2) is 6.10 Å². The van der Waals surface area contributed by atoms with Crippen molar-refractivity contribution in [2.45, 2.75) is 17.9 Å². The molecule has 1 N–H and O–H groups in total. The predicted molar refractivity (Wildman–Crippen MR) is 83.7 cm³/mol. The molecule has 2 rings (SSSR count). The zero-order chi connectivity index (χ0) is 16.5. The number of benzene rings is 1. The summed E-state index contributed by atoms with van der Waals surface area (Å²) in [4.78, 5) is 15.3. The lowest BCUT2D eigenvalue weighted by Gasteiger charge is -2.30. The summed E-state index contributed by atoms with van der Waals surface area (Å²) in [6, 6.07) is 4.51. The average molecular weight is 327 g/mol. The van der Waals surface area contributed by atoms with Crippen LogP contribution in [-0.4, -0.2) is 59.6 Å². The van der Waals surface area contributed by atoms with Crippen LogP contribution in [0.4, 0.5) is 5.69 Å². The first kappa shape index (κ1) is 16.7. The van der Waals surface area contributed by atoms with Crippen LogP contribution in [0.1, 0.15) is 6.92 Å². The minimum absolute atomic E-state index is 0.114. The summed E-state index contributed by atoms with van der Waals surface area (Å²) < 4.78 is 32.6. The number of hydrogen-bond donors (Lipinski definition) is 1. The van der Waals surface area contributed by atoms with Gasteiger partial charge in [-0.1, -0.05) is 0 Å². The van der Waals surface area contributed by atoms with Crippen LogP contribution >= 0.6 is 0 Å². The Morgan fingerprint density at radius 2 is 2.05 bits per heavy atom. The zero-order valence-electron chi connectivity index (χ0n) is 13.2. The Kier molecular flexibility index (Phi) is 4.74. The number of fused-ring (bicyclic) bond motifs is 1. The first-order valence-corrected chi connectivity index (χ1v) is 8.43. The maximum atomic E-state index is 12.3. The van der Waals surface area contributed by atoms with Crippen molar-refractivity contribution in [3.63, 3.8) is 0 Å². The van der Waals surface area contributed by atoms with E-state index in [0.717, 1.165) is 0 Å².